The van der Waals surface area contributed by atoms with Crippen molar-refractivity contribution in [3.05, 3.63) is 0 Å². The second kappa shape index (κ2) is 3.67. The van der Waals surface area contributed by atoms with Crippen molar-refractivity contribution >= 4 is 23.3 Å². The predicted molar refractivity (Wildman–Crippen MR) is 49.3 cm³/mol. The summed E-state index contributed by atoms with van der Waals surface area (Å²) >= 11 is 0. The van der Waals surface area contributed by atoms with Crippen molar-refractivity contribution in [2.45, 2.75) is 32.1 Å². The average molecular weight is 210 g/mol. The molecular weight excluding hydrogens is 196 g/mol. The van der Waals surface area contributed by atoms with Crippen molar-refractivity contribution in [1.82, 2.24) is 0 Å². The Hall–Kier alpha value is -0.203. The maximum atomic E-state index is 10.7. The predicted octanol–water partition coefficient (Wildman–Crippen LogP) is 1.13. The Balaban J connectivity index is 4.08. The number of carbonyl (C=O) groups excluding carboxylic acids is 1. The van der Waals surface area contributed by atoms with Gasteiger partial charge in [-0.15, -0.1) is 0 Å². The molecule has 0 saturated heterocycles. The van der Waals surface area contributed by atoms with Crippen LogP contribution in [0.4, 0.5) is 0 Å². The van der Waals surface area contributed by atoms with Gasteiger partial charge in [-0.25, -0.2) is 0 Å². The molecule has 6 heteroatoms. The van der Waals surface area contributed by atoms with Crippen molar-refractivity contribution in [3.8, 4) is 0 Å². The van der Waals surface area contributed by atoms with Crippen LogP contribution in [0.3, 0.4) is 0 Å². The second-order valence-electron chi connectivity index (χ2n) is 3.91. The molecule has 0 heterocycles. The smallest absolute Gasteiger partial charge is 0.280 e. The van der Waals surface area contributed by atoms with E-state index in [2.05, 4.69) is 0 Å². The lowest BCUT2D eigenvalue weighted by atomic mass is 10.5. The van der Waals surface area contributed by atoms with Crippen molar-refractivity contribution in [3.63, 3.8) is 0 Å². The van der Waals surface area contributed by atoms with Gasteiger partial charge in [0.25, 0.3) is 5.12 Å². The van der Waals surface area contributed by atoms with E-state index in [0.29, 0.717) is 6.04 Å². The SMILES string of the molecule is C[Si](C)(C)CCC(=O)S(=O)(=O)O. The molecule has 0 saturated carbocycles. The number of rotatable bonds is 3. The maximum absolute atomic E-state index is 10.7. The van der Waals surface area contributed by atoms with Crippen LogP contribution in [-0.2, 0) is 14.9 Å². The van der Waals surface area contributed by atoms with E-state index in [-0.39, 0.29) is 6.42 Å². The Bertz CT molecular complexity index is 262. The van der Waals surface area contributed by atoms with Crippen molar-refractivity contribution in [2.75, 3.05) is 0 Å². The van der Waals surface area contributed by atoms with Crippen LogP contribution in [0.2, 0.25) is 25.7 Å². The molecule has 72 valence electrons. The van der Waals surface area contributed by atoms with Crippen LogP contribution in [-0.4, -0.2) is 26.2 Å². The van der Waals surface area contributed by atoms with Gasteiger partial charge in [0.1, 0.15) is 0 Å². The molecule has 0 aromatic carbocycles. The highest BCUT2D eigenvalue weighted by Crippen LogP contribution is 2.12. The first-order valence-corrected chi connectivity index (χ1v) is 8.78. The molecule has 0 aromatic rings. The van der Waals surface area contributed by atoms with Crippen LogP contribution in [0.1, 0.15) is 6.42 Å². The van der Waals surface area contributed by atoms with Crippen LogP contribution in [0.25, 0.3) is 0 Å². The third-order valence-electron chi connectivity index (χ3n) is 1.37. The standard InChI is InChI=1S/C6H14O4SSi/c1-12(2,3)5-4-6(7)11(8,9)10/h4-5H2,1-3H3,(H,8,9,10). The Morgan fingerprint density at radius 3 is 2.00 bits per heavy atom. The van der Waals surface area contributed by atoms with Crippen LogP contribution in [0, 0.1) is 0 Å². The summed E-state index contributed by atoms with van der Waals surface area (Å²) < 4.78 is 28.9. The van der Waals surface area contributed by atoms with Gasteiger partial charge in [-0.3, -0.25) is 9.35 Å². The fourth-order valence-corrected chi connectivity index (χ4v) is 2.12. The highest BCUT2D eigenvalue weighted by atomic mass is 32.2. The van der Waals surface area contributed by atoms with Crippen LogP contribution in [0.5, 0.6) is 0 Å². The molecule has 1 N–H and O–H groups in total. The molecule has 0 radical (unpaired) electrons. The third-order valence-corrected chi connectivity index (χ3v) is 3.90. The quantitative estimate of drug-likeness (QED) is 0.560. The summed E-state index contributed by atoms with van der Waals surface area (Å²) in [5.41, 5.74) is 0. The van der Waals surface area contributed by atoms with Gasteiger partial charge in [-0.2, -0.15) is 8.42 Å². The average Bonchev–Trinajstić information content (AvgIpc) is 1.78. The van der Waals surface area contributed by atoms with Crippen molar-refractivity contribution in [1.29, 1.82) is 0 Å². The molecule has 0 atom stereocenters. The van der Waals surface area contributed by atoms with Crippen LogP contribution in [0.15, 0.2) is 0 Å². The summed E-state index contributed by atoms with van der Waals surface area (Å²) in [6.45, 7) is 6.10. The first kappa shape index (κ1) is 11.8. The lowest BCUT2D eigenvalue weighted by molar-refractivity contribution is -0.112. The van der Waals surface area contributed by atoms with Gasteiger partial charge in [-0.05, 0) is 6.04 Å². The van der Waals surface area contributed by atoms with E-state index < -0.39 is 23.3 Å². The Kier molecular flexibility index (Phi) is 3.61. The Labute approximate surface area is 73.7 Å². The Morgan fingerprint density at radius 1 is 1.33 bits per heavy atom. The van der Waals surface area contributed by atoms with E-state index in [1.807, 2.05) is 19.6 Å². The monoisotopic (exact) mass is 210 g/mol. The highest BCUT2D eigenvalue weighted by molar-refractivity contribution is 8.01. The summed E-state index contributed by atoms with van der Waals surface area (Å²) in [4.78, 5) is 10.7. The molecule has 0 aromatic heterocycles. The molecule has 0 aliphatic rings. The lowest BCUT2D eigenvalue weighted by Crippen LogP contribution is -2.23. The van der Waals surface area contributed by atoms with E-state index in [1.54, 1.807) is 0 Å². The minimum absolute atomic E-state index is 0.0610. The number of carbonyl (C=O) groups is 1. The fourth-order valence-electron chi connectivity index (χ4n) is 0.606. The molecular formula is C6H14O4SSi. The molecule has 0 bridgehead atoms. The van der Waals surface area contributed by atoms with Crippen molar-refractivity contribution in [2.24, 2.45) is 0 Å². The topological polar surface area (TPSA) is 71.4 Å². The minimum Gasteiger partial charge on any atom is -0.280 e. The zero-order valence-corrected chi connectivity index (χ0v) is 9.31. The minimum atomic E-state index is -4.44. The molecule has 0 aliphatic carbocycles. The van der Waals surface area contributed by atoms with E-state index >= 15 is 0 Å². The van der Waals surface area contributed by atoms with Gasteiger partial charge >= 0.3 is 10.1 Å². The molecule has 0 amide bonds. The molecule has 0 aliphatic heterocycles. The molecule has 0 fully saturated rings. The number of hydrogen-bond donors (Lipinski definition) is 1. The molecule has 0 rings (SSSR count). The van der Waals surface area contributed by atoms with E-state index in [1.165, 1.54) is 0 Å². The third kappa shape index (κ3) is 5.45. The number of hydrogen-bond acceptors (Lipinski definition) is 3. The van der Waals surface area contributed by atoms with Gasteiger partial charge in [-0.1, -0.05) is 19.6 Å². The van der Waals surface area contributed by atoms with E-state index in [0.717, 1.165) is 0 Å². The molecule has 0 unspecified atom stereocenters. The Morgan fingerprint density at radius 2 is 1.75 bits per heavy atom. The van der Waals surface area contributed by atoms with Crippen LogP contribution >= 0.6 is 0 Å². The highest BCUT2D eigenvalue weighted by Gasteiger charge is 2.22. The van der Waals surface area contributed by atoms with Gasteiger partial charge in [0.2, 0.25) is 0 Å². The summed E-state index contributed by atoms with van der Waals surface area (Å²) in [6.07, 6.45) is -0.0610. The van der Waals surface area contributed by atoms with Crippen LogP contribution < -0.4 is 0 Å². The fraction of sp³-hybridized carbons (Fsp3) is 0.833. The van der Waals surface area contributed by atoms with Crippen molar-refractivity contribution < 1.29 is 17.8 Å². The second-order valence-corrected chi connectivity index (χ2v) is 10.9. The van der Waals surface area contributed by atoms with Gasteiger partial charge in [0.05, 0.1) is 0 Å². The summed E-state index contributed by atoms with van der Waals surface area (Å²) in [6, 6.07) is 0.589. The summed E-state index contributed by atoms with van der Waals surface area (Å²) in [5.74, 6) is 0. The molecule has 0 spiro atoms. The maximum Gasteiger partial charge on any atom is 0.328 e. The first-order valence-electron chi connectivity index (χ1n) is 3.63. The summed E-state index contributed by atoms with van der Waals surface area (Å²) in [7, 11) is -5.84. The zero-order chi connectivity index (χ0) is 9.99. The van der Waals surface area contributed by atoms with Gasteiger partial charge < -0.3 is 0 Å². The molecule has 12 heavy (non-hydrogen) atoms. The van der Waals surface area contributed by atoms with Gasteiger partial charge in [0.15, 0.2) is 0 Å². The van der Waals surface area contributed by atoms with Gasteiger partial charge in [0, 0.05) is 14.5 Å². The summed E-state index contributed by atoms with van der Waals surface area (Å²) in [5, 5.41) is -1.06. The largest absolute Gasteiger partial charge is 0.328 e. The molecule has 4 nitrogen and oxygen atoms in total. The van der Waals surface area contributed by atoms with E-state index in [4.69, 9.17) is 4.55 Å². The normalized spacial score (nSPS) is 13.0. The zero-order valence-electron chi connectivity index (χ0n) is 7.49. The lowest BCUT2D eigenvalue weighted by Gasteiger charge is -2.13. The first-order chi connectivity index (χ1) is 5.13. The van der Waals surface area contributed by atoms with E-state index in [9.17, 15) is 13.2 Å².